The first-order valence-electron chi connectivity index (χ1n) is 23.8. The van der Waals surface area contributed by atoms with E-state index in [4.69, 9.17) is 0 Å². The summed E-state index contributed by atoms with van der Waals surface area (Å²) < 4.78 is 0. The molecule has 1 saturated carbocycles. The van der Waals surface area contributed by atoms with Crippen LogP contribution in [0.2, 0.25) is 0 Å². The number of anilines is 3. The van der Waals surface area contributed by atoms with Crippen LogP contribution in [0.15, 0.2) is 243 Å². The number of para-hydroxylation sites is 1. The average Bonchev–Trinajstić information content (AvgIpc) is 3.70. The summed E-state index contributed by atoms with van der Waals surface area (Å²) in [6.45, 7) is 0. The van der Waals surface area contributed by atoms with Crippen molar-refractivity contribution in [3.05, 3.63) is 270 Å². The summed E-state index contributed by atoms with van der Waals surface area (Å²) >= 11 is 0. The number of fused-ring (bicyclic) bond motifs is 4. The van der Waals surface area contributed by atoms with Crippen LogP contribution in [-0.2, 0) is 5.41 Å². The van der Waals surface area contributed by atoms with Gasteiger partial charge in [-0.1, -0.05) is 219 Å². The molecule has 1 nitrogen and oxygen atoms in total. The van der Waals surface area contributed by atoms with Crippen molar-refractivity contribution in [3.63, 3.8) is 0 Å². The first-order valence-corrected chi connectivity index (χ1v) is 23.8. The quantitative estimate of drug-likeness (QED) is 0.140. The molecule has 0 radical (unpaired) electrons. The highest BCUT2D eigenvalue weighted by atomic mass is 15.1. The Balaban J connectivity index is 1.09. The third-order valence-corrected chi connectivity index (χ3v) is 14.5. The zero-order valence-electron chi connectivity index (χ0n) is 37.2. The molecular weight excluding hydrogens is 795 g/mol. The van der Waals surface area contributed by atoms with Crippen LogP contribution in [0.3, 0.4) is 0 Å². The van der Waals surface area contributed by atoms with Crippen LogP contribution in [-0.4, -0.2) is 0 Å². The first kappa shape index (κ1) is 39.8. The maximum absolute atomic E-state index is 2.53. The fourth-order valence-corrected chi connectivity index (χ4v) is 11.5. The molecule has 316 valence electrons. The zero-order chi connectivity index (χ0) is 43.9. The third kappa shape index (κ3) is 6.77. The van der Waals surface area contributed by atoms with Crippen LogP contribution in [0.25, 0.3) is 55.3 Å². The summed E-state index contributed by atoms with van der Waals surface area (Å²) in [5, 5.41) is 2.48. The minimum atomic E-state index is -0.522. The lowest BCUT2D eigenvalue weighted by molar-refractivity contribution is 0.444. The van der Waals surface area contributed by atoms with Gasteiger partial charge in [0, 0.05) is 16.9 Å². The number of hydrogen-bond donors (Lipinski definition) is 0. The molecule has 0 unspecified atom stereocenters. The predicted octanol–water partition coefficient (Wildman–Crippen LogP) is 17.7. The van der Waals surface area contributed by atoms with Gasteiger partial charge in [-0.25, -0.2) is 0 Å². The van der Waals surface area contributed by atoms with Crippen molar-refractivity contribution in [1.29, 1.82) is 0 Å². The Hall–Kier alpha value is -7.74. The minimum absolute atomic E-state index is 0.522. The van der Waals surface area contributed by atoms with E-state index >= 15 is 0 Å². The third-order valence-electron chi connectivity index (χ3n) is 14.5. The normalized spacial score (nSPS) is 14.1. The molecule has 0 heterocycles. The Morgan fingerprint density at radius 2 is 0.864 bits per heavy atom. The van der Waals surface area contributed by atoms with Crippen molar-refractivity contribution in [2.75, 3.05) is 4.90 Å². The summed E-state index contributed by atoms with van der Waals surface area (Å²) in [4.78, 5) is 2.50. The van der Waals surface area contributed by atoms with Crippen molar-refractivity contribution >= 4 is 27.8 Å². The summed E-state index contributed by atoms with van der Waals surface area (Å²) in [6.07, 6.45) is 6.43. The Morgan fingerprint density at radius 1 is 0.348 bits per heavy atom. The summed E-state index contributed by atoms with van der Waals surface area (Å²) in [7, 11) is 0. The van der Waals surface area contributed by atoms with E-state index in [1.165, 1.54) is 115 Å². The molecule has 0 spiro atoms. The van der Waals surface area contributed by atoms with E-state index in [1.54, 1.807) is 0 Å². The van der Waals surface area contributed by atoms with E-state index in [2.05, 4.69) is 248 Å². The number of benzene rings is 10. The fourth-order valence-electron chi connectivity index (χ4n) is 11.5. The predicted molar refractivity (Wildman–Crippen MR) is 278 cm³/mol. The molecule has 10 aromatic rings. The Morgan fingerprint density at radius 3 is 1.48 bits per heavy atom. The van der Waals surface area contributed by atoms with Gasteiger partial charge in [0.2, 0.25) is 0 Å². The SMILES string of the molecule is c1ccc(-c2cc3ccccc3cc2-c2ccc(N(c3ccc4c(c3)C(c3ccccc3)(c3ccccc3)c3cccc(C5CCCCC5)c3-4)c3ccccc3-c3ccccc3)cc2)cc1. The number of nitrogens with zero attached hydrogens (tertiary/aromatic N) is 1. The Labute approximate surface area is 389 Å². The molecule has 2 aliphatic rings. The van der Waals surface area contributed by atoms with E-state index in [0.29, 0.717) is 5.92 Å². The fraction of sp³-hybridized carbons (Fsp3) is 0.108. The monoisotopic (exact) mass is 845 g/mol. The second kappa shape index (κ2) is 17.0. The van der Waals surface area contributed by atoms with E-state index < -0.39 is 5.41 Å². The van der Waals surface area contributed by atoms with Gasteiger partial charge in [0.15, 0.2) is 0 Å². The van der Waals surface area contributed by atoms with Gasteiger partial charge in [0.25, 0.3) is 0 Å². The summed E-state index contributed by atoms with van der Waals surface area (Å²) in [6, 6.07) is 90.4. The van der Waals surface area contributed by atoms with E-state index in [0.717, 1.165) is 17.1 Å². The Bertz CT molecular complexity index is 3270. The van der Waals surface area contributed by atoms with Crippen LogP contribution < -0.4 is 4.90 Å². The molecule has 10 aromatic carbocycles. The van der Waals surface area contributed by atoms with Gasteiger partial charge in [-0.3, -0.25) is 0 Å². The second-order valence-corrected chi connectivity index (χ2v) is 18.2. The molecule has 1 fully saturated rings. The van der Waals surface area contributed by atoms with Gasteiger partial charge < -0.3 is 4.90 Å². The van der Waals surface area contributed by atoms with Gasteiger partial charge in [-0.05, 0) is 139 Å². The topological polar surface area (TPSA) is 3.24 Å². The van der Waals surface area contributed by atoms with Crippen LogP contribution in [0.1, 0.15) is 65.8 Å². The van der Waals surface area contributed by atoms with Gasteiger partial charge in [-0.15, -0.1) is 0 Å². The lowest BCUT2D eigenvalue weighted by atomic mass is 9.67. The lowest BCUT2D eigenvalue weighted by Gasteiger charge is -2.35. The molecule has 2 aliphatic carbocycles. The molecule has 1 heteroatoms. The van der Waals surface area contributed by atoms with Crippen LogP contribution >= 0.6 is 0 Å². The molecule has 0 amide bonds. The van der Waals surface area contributed by atoms with Crippen LogP contribution in [0, 0.1) is 0 Å². The first-order chi connectivity index (χ1) is 32.8. The number of rotatable bonds is 9. The number of hydrogen-bond acceptors (Lipinski definition) is 1. The molecule has 0 aliphatic heterocycles. The van der Waals surface area contributed by atoms with Gasteiger partial charge in [0.05, 0.1) is 11.1 Å². The second-order valence-electron chi connectivity index (χ2n) is 18.2. The van der Waals surface area contributed by atoms with Crippen molar-refractivity contribution in [2.45, 2.75) is 43.4 Å². The minimum Gasteiger partial charge on any atom is -0.310 e. The molecule has 0 bridgehead atoms. The molecular formula is C65H51N. The van der Waals surface area contributed by atoms with Gasteiger partial charge in [-0.2, -0.15) is 0 Å². The van der Waals surface area contributed by atoms with Crippen molar-refractivity contribution in [1.82, 2.24) is 0 Å². The van der Waals surface area contributed by atoms with Crippen LogP contribution in [0.5, 0.6) is 0 Å². The van der Waals surface area contributed by atoms with Crippen molar-refractivity contribution in [2.24, 2.45) is 0 Å². The van der Waals surface area contributed by atoms with Gasteiger partial charge >= 0.3 is 0 Å². The van der Waals surface area contributed by atoms with E-state index in [1.807, 2.05) is 0 Å². The molecule has 66 heavy (non-hydrogen) atoms. The molecule has 12 rings (SSSR count). The maximum atomic E-state index is 2.53. The highest BCUT2D eigenvalue weighted by molar-refractivity contribution is 5.98. The zero-order valence-corrected chi connectivity index (χ0v) is 37.2. The largest absolute Gasteiger partial charge is 0.310 e. The van der Waals surface area contributed by atoms with Crippen molar-refractivity contribution < 1.29 is 0 Å². The summed E-state index contributed by atoms with van der Waals surface area (Å²) in [5.41, 5.74) is 19.7. The molecule has 0 saturated heterocycles. The standard InChI is InChI=1S/C65H51N/c1-6-21-46(22-7-1)56-33-18-19-36-63(56)66(54-39-37-49(38-40-54)60-44-51-28-17-16-27-50(51)43-59(60)48-25-10-3-11-26-48)55-41-42-58-62(45-55)65(52-29-12-4-13-30-52,53-31-14-5-15-32-53)61-35-20-34-57(64(58)61)47-23-8-2-9-24-47/h1,3-7,10-22,25-45,47H,2,8-9,23-24H2. The molecule has 0 atom stereocenters. The van der Waals surface area contributed by atoms with Gasteiger partial charge in [0.1, 0.15) is 0 Å². The smallest absolute Gasteiger partial charge is 0.0714 e. The maximum Gasteiger partial charge on any atom is 0.0714 e. The van der Waals surface area contributed by atoms with Crippen molar-refractivity contribution in [3.8, 4) is 44.5 Å². The highest BCUT2D eigenvalue weighted by Gasteiger charge is 2.47. The van der Waals surface area contributed by atoms with E-state index in [9.17, 15) is 0 Å². The Kier molecular flexibility index (Phi) is 10.3. The molecule has 0 N–H and O–H groups in total. The molecule has 0 aromatic heterocycles. The van der Waals surface area contributed by atoms with E-state index in [-0.39, 0.29) is 0 Å². The van der Waals surface area contributed by atoms with Crippen LogP contribution in [0.4, 0.5) is 17.1 Å². The lowest BCUT2D eigenvalue weighted by Crippen LogP contribution is -2.29. The average molecular weight is 846 g/mol. The summed E-state index contributed by atoms with van der Waals surface area (Å²) in [5.74, 6) is 0.557. The highest BCUT2D eigenvalue weighted by Crippen LogP contribution is 2.59.